The molecule has 14 heavy (non-hydrogen) atoms. The van der Waals surface area contributed by atoms with Gasteiger partial charge in [0.25, 0.3) is 0 Å². The molecular formula is C12H22O2. The van der Waals surface area contributed by atoms with Gasteiger partial charge in [-0.05, 0) is 46.0 Å². The molecule has 0 aliphatic carbocycles. The van der Waals surface area contributed by atoms with Crippen molar-refractivity contribution in [1.29, 1.82) is 0 Å². The van der Waals surface area contributed by atoms with Gasteiger partial charge in [0.2, 0.25) is 0 Å². The van der Waals surface area contributed by atoms with E-state index in [1.165, 1.54) is 24.8 Å². The molecule has 82 valence electrons. The molecule has 1 aliphatic heterocycles. The van der Waals surface area contributed by atoms with E-state index in [0.717, 1.165) is 19.4 Å². The molecule has 2 heteroatoms. The summed E-state index contributed by atoms with van der Waals surface area (Å²) in [6.07, 6.45) is 7.50. The predicted octanol–water partition coefficient (Wildman–Crippen LogP) is 2.66. The average Bonchev–Trinajstić information content (AvgIpc) is 2.15. The van der Waals surface area contributed by atoms with Gasteiger partial charge in [-0.15, -0.1) is 0 Å². The normalized spacial score (nSPS) is 24.4. The van der Waals surface area contributed by atoms with E-state index in [9.17, 15) is 5.11 Å². The fourth-order valence-electron chi connectivity index (χ4n) is 1.86. The monoisotopic (exact) mass is 198 g/mol. The quantitative estimate of drug-likeness (QED) is 0.704. The molecule has 1 heterocycles. The Hall–Kier alpha value is -0.340. The Morgan fingerprint density at radius 3 is 2.86 bits per heavy atom. The summed E-state index contributed by atoms with van der Waals surface area (Å²) in [6, 6.07) is 0. The highest BCUT2D eigenvalue weighted by molar-refractivity contribution is 4.97. The smallest absolute Gasteiger partial charge is 0.0724 e. The van der Waals surface area contributed by atoms with Gasteiger partial charge < -0.3 is 9.84 Å². The van der Waals surface area contributed by atoms with Crippen LogP contribution in [0.3, 0.4) is 0 Å². The fourth-order valence-corrected chi connectivity index (χ4v) is 1.86. The van der Waals surface area contributed by atoms with E-state index in [1.807, 2.05) is 19.9 Å². The van der Waals surface area contributed by atoms with Gasteiger partial charge in [-0.25, -0.2) is 0 Å². The van der Waals surface area contributed by atoms with Gasteiger partial charge in [-0.3, -0.25) is 0 Å². The zero-order chi connectivity index (χ0) is 10.4. The molecule has 1 saturated heterocycles. The van der Waals surface area contributed by atoms with Gasteiger partial charge in [0.15, 0.2) is 0 Å². The molecule has 0 bridgehead atoms. The summed E-state index contributed by atoms with van der Waals surface area (Å²) < 4.78 is 5.60. The number of ether oxygens (including phenoxy) is 1. The van der Waals surface area contributed by atoms with Crippen LogP contribution in [0.1, 0.15) is 46.0 Å². The first kappa shape index (κ1) is 11.7. The lowest BCUT2D eigenvalue weighted by atomic mass is 10.0. The first-order valence-corrected chi connectivity index (χ1v) is 5.63. The van der Waals surface area contributed by atoms with Gasteiger partial charge in [-0.1, -0.05) is 11.6 Å². The van der Waals surface area contributed by atoms with E-state index < -0.39 is 0 Å². The molecule has 0 aromatic rings. The Bertz CT molecular complexity index is 177. The molecule has 2 atom stereocenters. The molecule has 1 N–H and O–H groups in total. The highest BCUT2D eigenvalue weighted by Gasteiger charge is 2.14. The Morgan fingerprint density at radius 1 is 1.50 bits per heavy atom. The Labute approximate surface area is 87.0 Å². The van der Waals surface area contributed by atoms with E-state index in [4.69, 9.17) is 4.74 Å². The van der Waals surface area contributed by atoms with Crippen molar-refractivity contribution in [1.82, 2.24) is 0 Å². The summed E-state index contributed by atoms with van der Waals surface area (Å²) in [4.78, 5) is 0. The maximum Gasteiger partial charge on any atom is 0.0724 e. The second-order valence-corrected chi connectivity index (χ2v) is 4.38. The van der Waals surface area contributed by atoms with Crippen LogP contribution in [0.2, 0.25) is 0 Å². The minimum Gasteiger partial charge on any atom is -0.389 e. The fraction of sp³-hybridized carbons (Fsp3) is 0.833. The van der Waals surface area contributed by atoms with Crippen LogP contribution in [0, 0.1) is 0 Å². The number of allylic oxidation sites excluding steroid dienone is 1. The number of rotatable bonds is 4. The van der Waals surface area contributed by atoms with E-state index in [0.29, 0.717) is 6.10 Å². The molecule has 0 aromatic heterocycles. The van der Waals surface area contributed by atoms with Crippen molar-refractivity contribution in [3.63, 3.8) is 0 Å². The lowest BCUT2D eigenvalue weighted by molar-refractivity contribution is 0.00486. The third-order valence-corrected chi connectivity index (χ3v) is 2.58. The van der Waals surface area contributed by atoms with Crippen LogP contribution in [-0.2, 0) is 4.74 Å². The van der Waals surface area contributed by atoms with E-state index in [-0.39, 0.29) is 6.10 Å². The van der Waals surface area contributed by atoms with Crippen LogP contribution >= 0.6 is 0 Å². The summed E-state index contributed by atoms with van der Waals surface area (Å²) in [6.45, 7) is 4.93. The van der Waals surface area contributed by atoms with Crippen molar-refractivity contribution >= 4 is 0 Å². The molecule has 0 radical (unpaired) electrons. The lowest BCUT2D eigenvalue weighted by Gasteiger charge is -2.23. The number of aliphatic hydroxyl groups is 1. The van der Waals surface area contributed by atoms with Crippen LogP contribution in [0.4, 0.5) is 0 Å². The zero-order valence-electron chi connectivity index (χ0n) is 9.33. The number of aliphatic hydroxyl groups excluding tert-OH is 1. The van der Waals surface area contributed by atoms with E-state index in [2.05, 4.69) is 0 Å². The molecule has 0 spiro atoms. The lowest BCUT2D eigenvalue weighted by Crippen LogP contribution is -2.20. The van der Waals surface area contributed by atoms with Crippen molar-refractivity contribution in [3.8, 4) is 0 Å². The zero-order valence-corrected chi connectivity index (χ0v) is 9.33. The van der Waals surface area contributed by atoms with Crippen LogP contribution in [0.15, 0.2) is 11.6 Å². The van der Waals surface area contributed by atoms with Crippen molar-refractivity contribution in [3.05, 3.63) is 11.6 Å². The molecule has 2 nitrogen and oxygen atoms in total. The van der Waals surface area contributed by atoms with Crippen molar-refractivity contribution in [2.24, 2.45) is 0 Å². The molecule has 0 aromatic carbocycles. The summed E-state index contributed by atoms with van der Waals surface area (Å²) in [7, 11) is 0. The highest BCUT2D eigenvalue weighted by atomic mass is 16.5. The maximum absolute atomic E-state index is 9.62. The molecule has 1 rings (SSSR count). The number of hydrogen-bond donors (Lipinski definition) is 1. The molecule has 1 fully saturated rings. The second kappa shape index (κ2) is 6.20. The molecule has 1 aliphatic rings. The Balaban J connectivity index is 2.15. The standard InChI is InChI=1S/C12H22O2/c1-10(2)9-11(13)6-7-12-5-3-4-8-14-12/h9,11-13H,3-8H2,1-2H3. The topological polar surface area (TPSA) is 29.5 Å². The summed E-state index contributed by atoms with van der Waals surface area (Å²) in [5.74, 6) is 0. The van der Waals surface area contributed by atoms with Crippen molar-refractivity contribution < 1.29 is 9.84 Å². The Morgan fingerprint density at radius 2 is 2.29 bits per heavy atom. The highest BCUT2D eigenvalue weighted by Crippen LogP contribution is 2.18. The third-order valence-electron chi connectivity index (χ3n) is 2.58. The first-order chi connectivity index (χ1) is 6.68. The van der Waals surface area contributed by atoms with Crippen molar-refractivity contribution in [2.75, 3.05) is 6.61 Å². The molecule has 2 unspecified atom stereocenters. The summed E-state index contributed by atoms with van der Waals surface area (Å²) >= 11 is 0. The number of hydrogen-bond acceptors (Lipinski definition) is 2. The molecular weight excluding hydrogens is 176 g/mol. The summed E-state index contributed by atoms with van der Waals surface area (Å²) in [5, 5.41) is 9.62. The molecule has 0 amide bonds. The van der Waals surface area contributed by atoms with Gasteiger partial charge in [-0.2, -0.15) is 0 Å². The van der Waals surface area contributed by atoms with Crippen LogP contribution < -0.4 is 0 Å². The van der Waals surface area contributed by atoms with E-state index in [1.54, 1.807) is 0 Å². The maximum atomic E-state index is 9.62. The van der Waals surface area contributed by atoms with Gasteiger partial charge >= 0.3 is 0 Å². The largest absolute Gasteiger partial charge is 0.389 e. The van der Waals surface area contributed by atoms with Crippen LogP contribution in [0.5, 0.6) is 0 Å². The Kier molecular flexibility index (Phi) is 5.20. The minimum absolute atomic E-state index is 0.287. The van der Waals surface area contributed by atoms with Crippen molar-refractivity contribution in [2.45, 2.75) is 58.2 Å². The predicted molar refractivity (Wildman–Crippen MR) is 58.3 cm³/mol. The van der Waals surface area contributed by atoms with Crippen LogP contribution in [0.25, 0.3) is 0 Å². The second-order valence-electron chi connectivity index (χ2n) is 4.38. The van der Waals surface area contributed by atoms with Gasteiger partial charge in [0.1, 0.15) is 0 Å². The third kappa shape index (κ3) is 4.77. The minimum atomic E-state index is -0.287. The summed E-state index contributed by atoms with van der Waals surface area (Å²) in [5.41, 5.74) is 1.18. The van der Waals surface area contributed by atoms with Gasteiger partial charge in [0, 0.05) is 6.61 Å². The first-order valence-electron chi connectivity index (χ1n) is 5.63. The van der Waals surface area contributed by atoms with E-state index >= 15 is 0 Å². The average molecular weight is 198 g/mol. The van der Waals surface area contributed by atoms with Gasteiger partial charge in [0.05, 0.1) is 12.2 Å². The van der Waals surface area contributed by atoms with Crippen LogP contribution in [-0.4, -0.2) is 23.9 Å². The molecule has 0 saturated carbocycles. The SMILES string of the molecule is CC(C)=CC(O)CCC1CCCCO1.